The summed E-state index contributed by atoms with van der Waals surface area (Å²) in [6, 6.07) is 0.804. The molecule has 0 aromatic rings. The standard InChI is InChI=1S/C15H29N3O/c1-19-11-13-4-7-18(10-13)15(12-16)5-8-17-6-2-3-14(17)9-15/h13-14H,2-12,16H2,1H3. The number of likely N-dealkylation sites (tertiary alicyclic amines) is 1. The molecule has 0 spiro atoms. The van der Waals surface area contributed by atoms with Crippen LogP contribution in [-0.4, -0.2) is 67.8 Å². The smallest absolute Gasteiger partial charge is 0.0503 e. The summed E-state index contributed by atoms with van der Waals surface area (Å²) < 4.78 is 5.33. The third kappa shape index (κ3) is 2.56. The van der Waals surface area contributed by atoms with Gasteiger partial charge in [0.05, 0.1) is 6.61 Å². The summed E-state index contributed by atoms with van der Waals surface area (Å²) in [5.41, 5.74) is 6.51. The van der Waals surface area contributed by atoms with Crippen LogP contribution in [0.3, 0.4) is 0 Å². The van der Waals surface area contributed by atoms with Crippen LogP contribution in [0.5, 0.6) is 0 Å². The van der Waals surface area contributed by atoms with Crippen LogP contribution in [0.15, 0.2) is 0 Å². The van der Waals surface area contributed by atoms with Crippen molar-refractivity contribution in [1.82, 2.24) is 9.80 Å². The van der Waals surface area contributed by atoms with Gasteiger partial charge in [-0.1, -0.05) is 0 Å². The monoisotopic (exact) mass is 267 g/mol. The number of rotatable bonds is 4. The minimum absolute atomic E-state index is 0.286. The average Bonchev–Trinajstić information content (AvgIpc) is 3.06. The Hall–Kier alpha value is -0.160. The maximum Gasteiger partial charge on any atom is 0.0503 e. The van der Waals surface area contributed by atoms with E-state index in [0.29, 0.717) is 0 Å². The highest BCUT2D eigenvalue weighted by Gasteiger charge is 2.46. The zero-order chi connectivity index (χ0) is 13.3. The van der Waals surface area contributed by atoms with E-state index in [1.54, 1.807) is 0 Å². The van der Waals surface area contributed by atoms with Crippen LogP contribution >= 0.6 is 0 Å². The predicted molar refractivity (Wildman–Crippen MR) is 77.2 cm³/mol. The van der Waals surface area contributed by atoms with Gasteiger partial charge in [-0.3, -0.25) is 4.90 Å². The first kappa shape index (κ1) is 13.8. The number of hydrogen-bond acceptors (Lipinski definition) is 4. The number of hydrogen-bond donors (Lipinski definition) is 1. The quantitative estimate of drug-likeness (QED) is 0.822. The zero-order valence-corrected chi connectivity index (χ0v) is 12.3. The van der Waals surface area contributed by atoms with Crippen LogP contribution < -0.4 is 5.73 Å². The molecule has 0 bridgehead atoms. The van der Waals surface area contributed by atoms with Crippen molar-refractivity contribution in [3.63, 3.8) is 0 Å². The van der Waals surface area contributed by atoms with E-state index in [4.69, 9.17) is 10.5 Å². The largest absolute Gasteiger partial charge is 0.384 e. The minimum Gasteiger partial charge on any atom is -0.384 e. The fourth-order valence-electron chi connectivity index (χ4n) is 4.55. The Kier molecular flexibility index (Phi) is 4.13. The van der Waals surface area contributed by atoms with Gasteiger partial charge in [0.25, 0.3) is 0 Å². The summed E-state index contributed by atoms with van der Waals surface area (Å²) in [5, 5.41) is 0. The van der Waals surface area contributed by atoms with Crippen molar-refractivity contribution >= 4 is 0 Å². The summed E-state index contributed by atoms with van der Waals surface area (Å²) in [5.74, 6) is 0.718. The summed E-state index contributed by atoms with van der Waals surface area (Å²) in [4.78, 5) is 5.39. The molecule has 4 heteroatoms. The van der Waals surface area contributed by atoms with Crippen molar-refractivity contribution in [1.29, 1.82) is 0 Å². The van der Waals surface area contributed by atoms with E-state index in [1.165, 1.54) is 58.3 Å². The van der Waals surface area contributed by atoms with E-state index in [1.807, 2.05) is 7.11 Å². The topological polar surface area (TPSA) is 41.7 Å². The summed E-state index contributed by atoms with van der Waals surface area (Å²) in [7, 11) is 1.82. The maximum atomic E-state index is 6.23. The molecule has 3 aliphatic rings. The molecule has 3 fully saturated rings. The number of ether oxygens (including phenoxy) is 1. The molecule has 0 amide bonds. The number of methoxy groups -OCH3 is 1. The zero-order valence-electron chi connectivity index (χ0n) is 12.3. The second-order valence-corrected chi connectivity index (χ2v) is 6.77. The van der Waals surface area contributed by atoms with Gasteiger partial charge in [0.15, 0.2) is 0 Å². The first-order valence-corrected chi connectivity index (χ1v) is 7.95. The number of nitrogens with two attached hydrogens (primary N) is 1. The van der Waals surface area contributed by atoms with Crippen LogP contribution in [0.25, 0.3) is 0 Å². The van der Waals surface area contributed by atoms with E-state index in [2.05, 4.69) is 9.80 Å². The molecular formula is C15H29N3O. The Morgan fingerprint density at radius 2 is 2.16 bits per heavy atom. The highest BCUT2D eigenvalue weighted by Crippen LogP contribution is 2.38. The van der Waals surface area contributed by atoms with E-state index in [9.17, 15) is 0 Å². The van der Waals surface area contributed by atoms with Crippen molar-refractivity contribution in [2.75, 3.05) is 46.4 Å². The Morgan fingerprint density at radius 3 is 2.95 bits per heavy atom. The SMILES string of the molecule is COCC1CCN(C2(CN)CCN3CCCC3C2)C1. The molecule has 3 atom stereocenters. The minimum atomic E-state index is 0.286. The van der Waals surface area contributed by atoms with E-state index < -0.39 is 0 Å². The molecule has 19 heavy (non-hydrogen) atoms. The van der Waals surface area contributed by atoms with Crippen molar-refractivity contribution in [2.45, 2.75) is 43.7 Å². The van der Waals surface area contributed by atoms with E-state index in [-0.39, 0.29) is 5.54 Å². The van der Waals surface area contributed by atoms with Crippen molar-refractivity contribution < 1.29 is 4.74 Å². The molecule has 3 heterocycles. The van der Waals surface area contributed by atoms with Gasteiger partial charge < -0.3 is 15.4 Å². The third-order valence-electron chi connectivity index (χ3n) is 5.72. The fraction of sp³-hybridized carbons (Fsp3) is 1.00. The van der Waals surface area contributed by atoms with Gasteiger partial charge >= 0.3 is 0 Å². The van der Waals surface area contributed by atoms with Crippen LogP contribution in [-0.2, 0) is 4.74 Å². The van der Waals surface area contributed by atoms with Crippen LogP contribution in [0, 0.1) is 5.92 Å². The molecule has 0 aliphatic carbocycles. The Balaban J connectivity index is 1.66. The lowest BCUT2D eigenvalue weighted by Gasteiger charge is -2.49. The Morgan fingerprint density at radius 1 is 1.26 bits per heavy atom. The van der Waals surface area contributed by atoms with Crippen molar-refractivity contribution in [3.05, 3.63) is 0 Å². The molecule has 0 aromatic heterocycles. The Labute approximate surface area is 117 Å². The van der Waals surface area contributed by atoms with E-state index in [0.717, 1.165) is 25.1 Å². The van der Waals surface area contributed by atoms with E-state index >= 15 is 0 Å². The highest BCUT2D eigenvalue weighted by molar-refractivity contribution is 5.03. The van der Waals surface area contributed by atoms with Gasteiger partial charge in [0.2, 0.25) is 0 Å². The fourth-order valence-corrected chi connectivity index (χ4v) is 4.55. The lowest BCUT2D eigenvalue weighted by molar-refractivity contribution is 0.0203. The maximum absolute atomic E-state index is 6.23. The molecule has 0 aromatic carbocycles. The third-order valence-corrected chi connectivity index (χ3v) is 5.72. The second-order valence-electron chi connectivity index (χ2n) is 6.77. The number of piperidine rings is 1. The molecule has 4 nitrogen and oxygen atoms in total. The highest BCUT2D eigenvalue weighted by atomic mass is 16.5. The molecule has 2 N–H and O–H groups in total. The lowest BCUT2D eigenvalue weighted by Crippen LogP contribution is -2.60. The summed E-state index contributed by atoms with van der Waals surface area (Å²) in [6.45, 7) is 6.73. The first-order valence-electron chi connectivity index (χ1n) is 7.95. The van der Waals surface area contributed by atoms with Gasteiger partial charge in [0, 0.05) is 38.3 Å². The van der Waals surface area contributed by atoms with Gasteiger partial charge in [0.1, 0.15) is 0 Å². The Bertz CT molecular complexity index is 312. The van der Waals surface area contributed by atoms with Crippen LogP contribution in [0.2, 0.25) is 0 Å². The van der Waals surface area contributed by atoms with Crippen LogP contribution in [0.4, 0.5) is 0 Å². The van der Waals surface area contributed by atoms with Crippen molar-refractivity contribution in [3.8, 4) is 0 Å². The second kappa shape index (κ2) is 5.68. The van der Waals surface area contributed by atoms with Gasteiger partial charge in [-0.15, -0.1) is 0 Å². The molecule has 3 rings (SSSR count). The molecule has 110 valence electrons. The van der Waals surface area contributed by atoms with Crippen LogP contribution in [0.1, 0.15) is 32.1 Å². The number of fused-ring (bicyclic) bond motifs is 1. The molecule has 0 radical (unpaired) electrons. The van der Waals surface area contributed by atoms with Gasteiger partial charge in [-0.25, -0.2) is 0 Å². The predicted octanol–water partition coefficient (Wildman–Crippen LogP) is 0.910. The van der Waals surface area contributed by atoms with Gasteiger partial charge in [-0.2, -0.15) is 0 Å². The normalized spacial score (nSPS) is 40.7. The summed E-state index contributed by atoms with van der Waals surface area (Å²) >= 11 is 0. The molecular weight excluding hydrogens is 238 g/mol. The first-order chi connectivity index (χ1) is 9.27. The molecule has 3 unspecified atom stereocenters. The molecule has 3 saturated heterocycles. The average molecular weight is 267 g/mol. The number of nitrogens with zero attached hydrogens (tertiary/aromatic N) is 2. The summed E-state index contributed by atoms with van der Waals surface area (Å²) in [6.07, 6.45) is 6.61. The van der Waals surface area contributed by atoms with Gasteiger partial charge in [-0.05, 0) is 51.1 Å². The van der Waals surface area contributed by atoms with Crippen molar-refractivity contribution in [2.24, 2.45) is 11.7 Å². The lowest BCUT2D eigenvalue weighted by atomic mass is 9.82. The molecule has 0 saturated carbocycles. The molecule has 3 aliphatic heterocycles.